The molecule has 0 atom stereocenters. The first-order chi connectivity index (χ1) is 18.3. The number of hydrogen-bond acceptors (Lipinski definition) is 10. The number of fused-ring (bicyclic) bond motifs is 1. The third-order valence-corrected chi connectivity index (χ3v) is 6.75. The SMILES string of the molecule is COc1cc(N2CCOCC2)ccc1Nc1nc(NC2CCOCC2)c2c(-c3ccncc3)[nH]nc2n1. The Bertz CT molecular complexity index is 1350. The highest BCUT2D eigenvalue weighted by Gasteiger charge is 2.21. The number of methoxy groups -OCH3 is 1. The smallest absolute Gasteiger partial charge is 0.231 e. The van der Waals surface area contributed by atoms with E-state index in [4.69, 9.17) is 24.2 Å². The van der Waals surface area contributed by atoms with E-state index in [9.17, 15) is 0 Å². The van der Waals surface area contributed by atoms with E-state index in [0.717, 1.165) is 86.2 Å². The first-order valence-electron chi connectivity index (χ1n) is 12.6. The Morgan fingerprint density at radius 3 is 2.57 bits per heavy atom. The average Bonchev–Trinajstić information content (AvgIpc) is 3.39. The lowest BCUT2D eigenvalue weighted by atomic mass is 10.1. The zero-order chi connectivity index (χ0) is 25.0. The number of H-pyrrole nitrogens is 1. The summed E-state index contributed by atoms with van der Waals surface area (Å²) in [7, 11) is 1.67. The Morgan fingerprint density at radius 2 is 1.78 bits per heavy atom. The molecule has 2 aliphatic heterocycles. The Hall–Kier alpha value is -3.96. The molecular weight excluding hydrogens is 472 g/mol. The van der Waals surface area contributed by atoms with Gasteiger partial charge in [0.1, 0.15) is 11.6 Å². The van der Waals surface area contributed by atoms with Gasteiger partial charge in [-0.2, -0.15) is 15.1 Å². The normalized spacial score (nSPS) is 16.6. The molecule has 0 aliphatic carbocycles. The molecule has 2 fully saturated rings. The van der Waals surface area contributed by atoms with Crippen molar-refractivity contribution in [2.24, 2.45) is 0 Å². The van der Waals surface area contributed by atoms with E-state index in [1.54, 1.807) is 19.5 Å². The number of anilines is 4. The van der Waals surface area contributed by atoms with Crippen LogP contribution in [0.1, 0.15) is 12.8 Å². The third-order valence-electron chi connectivity index (χ3n) is 6.75. The van der Waals surface area contributed by atoms with Crippen molar-refractivity contribution in [2.45, 2.75) is 18.9 Å². The minimum absolute atomic E-state index is 0.252. The molecule has 3 aromatic heterocycles. The zero-order valence-electron chi connectivity index (χ0n) is 20.7. The second kappa shape index (κ2) is 10.6. The second-order valence-electron chi connectivity index (χ2n) is 9.07. The van der Waals surface area contributed by atoms with Gasteiger partial charge in [0, 0.05) is 62.1 Å². The Labute approximate surface area is 214 Å². The van der Waals surface area contributed by atoms with Gasteiger partial charge in [-0.25, -0.2) is 0 Å². The molecule has 1 aromatic carbocycles. The van der Waals surface area contributed by atoms with E-state index in [-0.39, 0.29) is 6.04 Å². The van der Waals surface area contributed by atoms with Crippen LogP contribution in [0.4, 0.5) is 23.1 Å². The van der Waals surface area contributed by atoms with E-state index < -0.39 is 0 Å². The van der Waals surface area contributed by atoms with Crippen LogP contribution in [0.2, 0.25) is 0 Å². The molecule has 5 heterocycles. The molecule has 2 aliphatic rings. The van der Waals surface area contributed by atoms with Crippen molar-refractivity contribution >= 4 is 34.2 Å². The fraction of sp³-hybridized carbons (Fsp3) is 0.385. The molecule has 2 saturated heterocycles. The van der Waals surface area contributed by atoms with Crippen molar-refractivity contribution in [3.63, 3.8) is 0 Å². The monoisotopic (exact) mass is 502 g/mol. The molecule has 192 valence electrons. The minimum atomic E-state index is 0.252. The minimum Gasteiger partial charge on any atom is -0.494 e. The summed E-state index contributed by atoms with van der Waals surface area (Å²) in [4.78, 5) is 16.1. The molecule has 0 amide bonds. The largest absolute Gasteiger partial charge is 0.494 e. The van der Waals surface area contributed by atoms with Crippen molar-refractivity contribution in [3.05, 3.63) is 42.7 Å². The summed E-state index contributed by atoms with van der Waals surface area (Å²) in [5.74, 6) is 1.88. The number of morpholine rings is 1. The number of nitrogens with one attached hydrogen (secondary N) is 3. The number of aromatic amines is 1. The molecule has 0 radical (unpaired) electrons. The quantitative estimate of drug-likeness (QED) is 0.345. The van der Waals surface area contributed by atoms with Crippen LogP contribution in [0, 0.1) is 0 Å². The van der Waals surface area contributed by atoms with Gasteiger partial charge in [0.2, 0.25) is 5.95 Å². The van der Waals surface area contributed by atoms with Gasteiger partial charge >= 0.3 is 0 Å². The predicted octanol–water partition coefficient (Wildman–Crippen LogP) is 3.59. The molecule has 3 N–H and O–H groups in total. The standard InChI is InChI=1S/C26H30N8O3/c1-35-21-16-19(34-10-14-37-15-11-34)2-3-20(21)29-26-30-24(28-18-6-12-36-13-7-18)22-23(32-33-25(22)31-26)17-4-8-27-9-5-17/h2-5,8-9,16,18H,6-7,10-15H2,1H3,(H3,28,29,30,31,32,33). The summed E-state index contributed by atoms with van der Waals surface area (Å²) in [6.07, 6.45) is 5.34. The van der Waals surface area contributed by atoms with E-state index in [0.29, 0.717) is 17.3 Å². The number of nitrogens with zero attached hydrogens (tertiary/aromatic N) is 5. The highest BCUT2D eigenvalue weighted by molar-refractivity contribution is 5.99. The van der Waals surface area contributed by atoms with Crippen LogP contribution in [0.15, 0.2) is 42.7 Å². The molecule has 0 spiro atoms. The lowest BCUT2D eigenvalue weighted by molar-refractivity contribution is 0.0904. The molecule has 0 bridgehead atoms. The molecule has 0 unspecified atom stereocenters. The van der Waals surface area contributed by atoms with E-state index in [2.05, 4.69) is 36.8 Å². The van der Waals surface area contributed by atoms with Gasteiger partial charge in [-0.05, 0) is 37.1 Å². The Morgan fingerprint density at radius 1 is 1.00 bits per heavy atom. The summed E-state index contributed by atoms with van der Waals surface area (Å²) >= 11 is 0. The fourth-order valence-electron chi connectivity index (χ4n) is 4.77. The maximum atomic E-state index is 5.72. The molecule has 6 rings (SSSR count). The van der Waals surface area contributed by atoms with Gasteiger partial charge in [0.25, 0.3) is 0 Å². The summed E-state index contributed by atoms with van der Waals surface area (Å²) in [6, 6.07) is 10.2. The first-order valence-corrected chi connectivity index (χ1v) is 12.6. The van der Waals surface area contributed by atoms with Crippen LogP contribution in [-0.2, 0) is 9.47 Å². The molecule has 4 aromatic rings. The van der Waals surface area contributed by atoms with Crippen molar-refractivity contribution in [3.8, 4) is 17.0 Å². The van der Waals surface area contributed by atoms with Crippen molar-refractivity contribution in [1.82, 2.24) is 25.1 Å². The van der Waals surface area contributed by atoms with Crippen LogP contribution in [0.3, 0.4) is 0 Å². The fourth-order valence-corrected chi connectivity index (χ4v) is 4.77. The number of ether oxygens (including phenoxy) is 3. The van der Waals surface area contributed by atoms with E-state index >= 15 is 0 Å². The first kappa shape index (κ1) is 23.4. The van der Waals surface area contributed by atoms with Crippen molar-refractivity contribution < 1.29 is 14.2 Å². The topological polar surface area (TPSA) is 122 Å². The van der Waals surface area contributed by atoms with Crippen LogP contribution in [-0.4, -0.2) is 77.8 Å². The zero-order valence-corrected chi connectivity index (χ0v) is 20.7. The molecule has 0 saturated carbocycles. The maximum absolute atomic E-state index is 5.72. The highest BCUT2D eigenvalue weighted by Crippen LogP contribution is 2.35. The van der Waals surface area contributed by atoms with Gasteiger partial charge < -0.3 is 29.7 Å². The summed E-state index contributed by atoms with van der Waals surface area (Å²) < 4.78 is 16.8. The number of hydrogen-bond donors (Lipinski definition) is 3. The van der Waals surface area contributed by atoms with E-state index in [1.807, 2.05) is 24.3 Å². The van der Waals surface area contributed by atoms with Crippen LogP contribution < -0.4 is 20.3 Å². The van der Waals surface area contributed by atoms with Crippen LogP contribution in [0.5, 0.6) is 5.75 Å². The molecule has 37 heavy (non-hydrogen) atoms. The lowest BCUT2D eigenvalue weighted by Crippen LogP contribution is -2.36. The van der Waals surface area contributed by atoms with Gasteiger partial charge in [-0.1, -0.05) is 0 Å². The lowest BCUT2D eigenvalue weighted by Gasteiger charge is -2.29. The van der Waals surface area contributed by atoms with Crippen molar-refractivity contribution in [1.29, 1.82) is 0 Å². The summed E-state index contributed by atoms with van der Waals surface area (Å²) in [5.41, 5.74) is 4.27. The highest BCUT2D eigenvalue weighted by atomic mass is 16.5. The summed E-state index contributed by atoms with van der Waals surface area (Å²) in [5, 5.41) is 15.5. The average molecular weight is 503 g/mol. The number of pyridine rings is 1. The predicted molar refractivity (Wildman–Crippen MR) is 142 cm³/mol. The van der Waals surface area contributed by atoms with E-state index in [1.165, 1.54) is 0 Å². The number of rotatable bonds is 7. The summed E-state index contributed by atoms with van der Waals surface area (Å²) in [6.45, 7) is 4.62. The number of benzene rings is 1. The Balaban J connectivity index is 1.35. The molecular formula is C26H30N8O3. The van der Waals surface area contributed by atoms with Gasteiger partial charge in [-0.3, -0.25) is 10.1 Å². The van der Waals surface area contributed by atoms with Crippen LogP contribution >= 0.6 is 0 Å². The maximum Gasteiger partial charge on any atom is 0.231 e. The van der Waals surface area contributed by atoms with Crippen molar-refractivity contribution in [2.75, 3.05) is 62.2 Å². The van der Waals surface area contributed by atoms with Gasteiger partial charge in [0.05, 0.1) is 37.1 Å². The Kier molecular flexibility index (Phi) is 6.70. The van der Waals surface area contributed by atoms with Gasteiger partial charge in [-0.15, -0.1) is 0 Å². The second-order valence-corrected chi connectivity index (χ2v) is 9.07. The molecule has 11 heteroatoms. The molecule has 11 nitrogen and oxygen atoms in total. The third kappa shape index (κ3) is 5.00. The van der Waals surface area contributed by atoms with Crippen LogP contribution in [0.25, 0.3) is 22.3 Å². The number of aromatic nitrogens is 5. The van der Waals surface area contributed by atoms with Gasteiger partial charge in [0.15, 0.2) is 5.65 Å².